The maximum atomic E-state index is 12.1. The monoisotopic (exact) mass is 265 g/mol. The van der Waals surface area contributed by atoms with Crippen molar-refractivity contribution in [1.29, 1.82) is 0 Å². The summed E-state index contributed by atoms with van der Waals surface area (Å²) in [4.78, 5) is 0. The van der Waals surface area contributed by atoms with E-state index >= 15 is 0 Å². The highest BCUT2D eigenvalue weighted by atomic mass is 19.3. The smallest absolute Gasteiger partial charge is 0.387 e. The van der Waals surface area contributed by atoms with Gasteiger partial charge >= 0.3 is 13.2 Å². The molecule has 0 N–H and O–H groups in total. The molecule has 1 unspecified atom stereocenters. The minimum Gasteiger partial charge on any atom is -0.435 e. The molecule has 101 valence electrons. The molecule has 0 aliphatic carbocycles. The Morgan fingerprint density at radius 2 is 1.44 bits per heavy atom. The lowest BCUT2D eigenvalue weighted by atomic mass is 9.98. The quantitative estimate of drug-likeness (QED) is 0.717. The highest BCUT2D eigenvalue weighted by Crippen LogP contribution is 2.30. The molecule has 0 aliphatic rings. The normalized spacial score (nSPS) is 12.9. The minimum atomic E-state index is -3.02. The van der Waals surface area contributed by atoms with Crippen LogP contribution < -0.4 is 9.47 Å². The summed E-state index contributed by atoms with van der Waals surface area (Å²) >= 11 is 0. The van der Waals surface area contributed by atoms with E-state index in [2.05, 4.69) is 16.4 Å². The van der Waals surface area contributed by atoms with Gasteiger partial charge in [0.2, 0.25) is 0 Å². The molecule has 1 aromatic rings. The number of halogens is 4. The molecule has 1 rings (SSSR count). The van der Waals surface area contributed by atoms with Crippen LogP contribution in [0.2, 0.25) is 0 Å². The van der Waals surface area contributed by atoms with Crippen molar-refractivity contribution in [2.24, 2.45) is 0 Å². The van der Waals surface area contributed by atoms with Crippen molar-refractivity contribution in [2.75, 3.05) is 0 Å². The molecular formula is C12H13F4O2. The van der Waals surface area contributed by atoms with Gasteiger partial charge in [0, 0.05) is 6.07 Å². The van der Waals surface area contributed by atoms with Gasteiger partial charge in [0.15, 0.2) is 0 Å². The Balaban J connectivity index is 3.03. The summed E-state index contributed by atoms with van der Waals surface area (Å²) in [6.45, 7) is -0.427. The van der Waals surface area contributed by atoms with Gasteiger partial charge in [0.25, 0.3) is 0 Å². The van der Waals surface area contributed by atoms with E-state index in [1.165, 1.54) is 12.1 Å². The van der Waals surface area contributed by atoms with Crippen LogP contribution in [0.4, 0.5) is 17.6 Å². The standard InChI is InChI=1S/C12H13F4O2/c1-3-7(2)8-4-9(17-11(13)14)6-10(5-8)18-12(15)16/h4-7,11-12H,2-3H2,1H3. The van der Waals surface area contributed by atoms with E-state index in [1.807, 2.05) is 6.92 Å². The molecule has 18 heavy (non-hydrogen) atoms. The average molecular weight is 265 g/mol. The molecule has 0 heterocycles. The SMILES string of the molecule is [CH2]C(CC)c1cc(OC(F)F)cc(OC(F)F)c1. The van der Waals surface area contributed by atoms with Crippen molar-refractivity contribution < 1.29 is 27.0 Å². The second-order valence-electron chi connectivity index (χ2n) is 3.60. The topological polar surface area (TPSA) is 18.5 Å². The summed E-state index contributed by atoms with van der Waals surface area (Å²) < 4.78 is 56.8. The predicted molar refractivity (Wildman–Crippen MR) is 58.1 cm³/mol. The lowest BCUT2D eigenvalue weighted by Gasteiger charge is -2.14. The van der Waals surface area contributed by atoms with E-state index in [0.717, 1.165) is 6.07 Å². The van der Waals surface area contributed by atoms with E-state index < -0.39 is 13.2 Å². The molecule has 2 nitrogen and oxygen atoms in total. The molecule has 1 aromatic carbocycles. The molecule has 6 heteroatoms. The maximum Gasteiger partial charge on any atom is 0.387 e. The van der Waals surface area contributed by atoms with Crippen molar-refractivity contribution in [3.63, 3.8) is 0 Å². The Morgan fingerprint density at radius 1 is 1.00 bits per heavy atom. The van der Waals surface area contributed by atoms with E-state index in [-0.39, 0.29) is 17.4 Å². The van der Waals surface area contributed by atoms with Crippen molar-refractivity contribution in [1.82, 2.24) is 0 Å². The van der Waals surface area contributed by atoms with E-state index in [0.29, 0.717) is 12.0 Å². The largest absolute Gasteiger partial charge is 0.435 e. The summed E-state index contributed by atoms with van der Waals surface area (Å²) in [6, 6.07) is 3.67. The fourth-order valence-corrected chi connectivity index (χ4v) is 1.41. The van der Waals surface area contributed by atoms with E-state index in [9.17, 15) is 17.6 Å². The number of alkyl halides is 4. The first-order valence-corrected chi connectivity index (χ1v) is 5.30. The van der Waals surface area contributed by atoms with E-state index in [4.69, 9.17) is 0 Å². The Morgan fingerprint density at radius 3 is 1.78 bits per heavy atom. The van der Waals surface area contributed by atoms with Crippen LogP contribution in [0.5, 0.6) is 11.5 Å². The highest BCUT2D eigenvalue weighted by Gasteiger charge is 2.13. The first-order valence-electron chi connectivity index (χ1n) is 5.30. The third kappa shape index (κ3) is 4.43. The third-order valence-corrected chi connectivity index (χ3v) is 2.32. The Labute approximate surface area is 103 Å². The van der Waals surface area contributed by atoms with Crippen LogP contribution in [0.1, 0.15) is 24.8 Å². The lowest BCUT2D eigenvalue weighted by molar-refractivity contribution is -0.0543. The number of benzene rings is 1. The van der Waals surface area contributed by atoms with Gasteiger partial charge in [-0.1, -0.05) is 6.92 Å². The first-order chi connectivity index (χ1) is 8.42. The van der Waals surface area contributed by atoms with Crippen molar-refractivity contribution >= 4 is 0 Å². The van der Waals surface area contributed by atoms with Gasteiger partial charge in [-0.3, -0.25) is 0 Å². The van der Waals surface area contributed by atoms with Gasteiger partial charge in [0.05, 0.1) is 0 Å². The number of hydrogen-bond acceptors (Lipinski definition) is 2. The van der Waals surface area contributed by atoms with Crippen LogP contribution in [-0.2, 0) is 0 Å². The summed E-state index contributed by atoms with van der Waals surface area (Å²) in [5.74, 6) is -0.660. The highest BCUT2D eigenvalue weighted by molar-refractivity contribution is 5.40. The minimum absolute atomic E-state index is 0.216. The lowest BCUT2D eigenvalue weighted by Crippen LogP contribution is -2.06. The molecule has 0 aliphatic heterocycles. The molecule has 1 radical (unpaired) electrons. The average Bonchev–Trinajstić information content (AvgIpc) is 2.25. The van der Waals surface area contributed by atoms with Crippen LogP contribution in [0, 0.1) is 6.92 Å². The number of hydrogen-bond donors (Lipinski definition) is 0. The zero-order chi connectivity index (χ0) is 13.7. The van der Waals surface area contributed by atoms with Gasteiger partial charge in [-0.2, -0.15) is 17.6 Å². The molecule has 0 fully saturated rings. The molecule has 0 spiro atoms. The zero-order valence-electron chi connectivity index (χ0n) is 9.71. The fraction of sp³-hybridized carbons (Fsp3) is 0.417. The third-order valence-electron chi connectivity index (χ3n) is 2.32. The van der Waals surface area contributed by atoms with Crippen LogP contribution in [0.25, 0.3) is 0 Å². The van der Waals surface area contributed by atoms with Gasteiger partial charge in [-0.05, 0) is 37.0 Å². The molecule has 0 amide bonds. The van der Waals surface area contributed by atoms with Gasteiger partial charge in [0.1, 0.15) is 11.5 Å². The second-order valence-corrected chi connectivity index (χ2v) is 3.60. The number of rotatable bonds is 6. The van der Waals surface area contributed by atoms with Gasteiger partial charge in [-0.25, -0.2) is 0 Å². The zero-order valence-corrected chi connectivity index (χ0v) is 9.71. The maximum absolute atomic E-state index is 12.1. The molecular weight excluding hydrogens is 252 g/mol. The molecule has 0 bridgehead atoms. The van der Waals surface area contributed by atoms with Gasteiger partial charge < -0.3 is 9.47 Å². The van der Waals surface area contributed by atoms with Crippen LogP contribution >= 0.6 is 0 Å². The molecule has 0 aromatic heterocycles. The Hall–Kier alpha value is -1.46. The predicted octanol–water partition coefficient (Wildman–Crippen LogP) is 4.22. The van der Waals surface area contributed by atoms with E-state index in [1.54, 1.807) is 0 Å². The van der Waals surface area contributed by atoms with Gasteiger partial charge in [-0.15, -0.1) is 0 Å². The van der Waals surface area contributed by atoms with Crippen LogP contribution in [-0.4, -0.2) is 13.2 Å². The Kier molecular flexibility index (Phi) is 5.25. The number of ether oxygens (including phenoxy) is 2. The van der Waals surface area contributed by atoms with Crippen molar-refractivity contribution in [2.45, 2.75) is 32.5 Å². The summed E-state index contributed by atoms with van der Waals surface area (Å²) in [6.07, 6.45) is 0.631. The summed E-state index contributed by atoms with van der Waals surface area (Å²) in [7, 11) is 0. The van der Waals surface area contributed by atoms with Crippen LogP contribution in [0.3, 0.4) is 0 Å². The summed E-state index contributed by atoms with van der Waals surface area (Å²) in [5, 5.41) is 0. The molecule has 1 atom stereocenters. The fourth-order valence-electron chi connectivity index (χ4n) is 1.41. The van der Waals surface area contributed by atoms with Crippen LogP contribution in [0.15, 0.2) is 18.2 Å². The second kappa shape index (κ2) is 6.47. The molecule has 0 saturated heterocycles. The van der Waals surface area contributed by atoms with Crippen molar-refractivity contribution in [3.8, 4) is 11.5 Å². The molecule has 0 saturated carbocycles. The Bertz CT molecular complexity index is 354. The first kappa shape index (κ1) is 14.6. The van der Waals surface area contributed by atoms with Crippen molar-refractivity contribution in [3.05, 3.63) is 30.7 Å². The summed E-state index contributed by atoms with van der Waals surface area (Å²) in [5.41, 5.74) is 0.506.